The van der Waals surface area contributed by atoms with E-state index in [9.17, 15) is 0 Å². The molecule has 7 heteroatoms. The van der Waals surface area contributed by atoms with Crippen molar-refractivity contribution in [2.75, 3.05) is 38.7 Å². The minimum absolute atomic E-state index is 0.550. The molecular weight excluding hydrogens is 390 g/mol. The number of methoxy groups -OCH3 is 1. The highest BCUT2D eigenvalue weighted by Gasteiger charge is 2.20. The molecule has 3 heterocycles. The van der Waals surface area contributed by atoms with Crippen LogP contribution in [-0.4, -0.2) is 54.1 Å². The zero-order valence-electron chi connectivity index (χ0n) is 19.2. The molecule has 0 spiro atoms. The van der Waals surface area contributed by atoms with E-state index in [1.807, 2.05) is 11.4 Å². The minimum Gasteiger partial charge on any atom is -0.497 e. The molecule has 1 fully saturated rings. The molecule has 0 saturated carbocycles. The van der Waals surface area contributed by atoms with E-state index in [-0.39, 0.29) is 0 Å². The summed E-state index contributed by atoms with van der Waals surface area (Å²) in [6.45, 7) is 11.8. The van der Waals surface area contributed by atoms with Crippen LogP contribution < -0.4 is 15.4 Å². The van der Waals surface area contributed by atoms with Gasteiger partial charge in [-0.2, -0.15) is 9.61 Å². The molecule has 0 aliphatic carbocycles. The Bertz CT molecular complexity index is 1050. The number of aryl methyl sites for hydroxylation is 4. The van der Waals surface area contributed by atoms with Gasteiger partial charge in [0.1, 0.15) is 11.6 Å². The van der Waals surface area contributed by atoms with Gasteiger partial charge >= 0.3 is 0 Å². The van der Waals surface area contributed by atoms with Crippen LogP contribution in [0.4, 0.5) is 5.82 Å². The number of hydrogen-bond donors (Lipinski definition) is 2. The van der Waals surface area contributed by atoms with Gasteiger partial charge in [0.05, 0.1) is 18.4 Å². The first-order valence-corrected chi connectivity index (χ1v) is 11.1. The van der Waals surface area contributed by atoms with Crippen molar-refractivity contribution in [1.29, 1.82) is 0 Å². The van der Waals surface area contributed by atoms with Gasteiger partial charge in [-0.15, -0.1) is 0 Å². The predicted molar refractivity (Wildman–Crippen MR) is 124 cm³/mol. The van der Waals surface area contributed by atoms with Crippen LogP contribution in [0.25, 0.3) is 16.8 Å². The highest BCUT2D eigenvalue weighted by atomic mass is 16.5. The minimum atomic E-state index is 0.550. The summed E-state index contributed by atoms with van der Waals surface area (Å²) in [4.78, 5) is 4.86. The Morgan fingerprint density at radius 1 is 1.03 bits per heavy atom. The first-order chi connectivity index (χ1) is 15.0. The molecule has 3 aromatic rings. The van der Waals surface area contributed by atoms with Crippen LogP contribution in [0.3, 0.4) is 0 Å². The number of rotatable bonds is 7. The van der Waals surface area contributed by atoms with Crippen molar-refractivity contribution in [3.05, 3.63) is 40.7 Å². The maximum atomic E-state index is 5.44. The lowest BCUT2D eigenvalue weighted by Crippen LogP contribution is -2.37. The van der Waals surface area contributed by atoms with E-state index in [4.69, 9.17) is 19.6 Å². The molecule has 0 amide bonds. The van der Waals surface area contributed by atoms with Crippen LogP contribution in [0.2, 0.25) is 0 Å². The van der Waals surface area contributed by atoms with E-state index in [2.05, 4.69) is 49.6 Å². The van der Waals surface area contributed by atoms with Crippen LogP contribution >= 0.6 is 0 Å². The fraction of sp³-hybridized carbons (Fsp3) is 0.500. The lowest BCUT2D eigenvalue weighted by molar-refractivity contribution is 0.0784. The molecule has 31 heavy (non-hydrogen) atoms. The largest absolute Gasteiger partial charge is 0.497 e. The van der Waals surface area contributed by atoms with Gasteiger partial charge in [0.25, 0.3) is 0 Å². The van der Waals surface area contributed by atoms with E-state index >= 15 is 0 Å². The Labute approximate surface area is 184 Å². The van der Waals surface area contributed by atoms with Crippen molar-refractivity contribution >= 4 is 11.5 Å². The summed E-state index contributed by atoms with van der Waals surface area (Å²) in [6, 6.07) is 6.75. The van der Waals surface area contributed by atoms with Crippen molar-refractivity contribution in [2.45, 2.75) is 46.6 Å². The summed E-state index contributed by atoms with van der Waals surface area (Å²) in [6.07, 6.45) is 2.17. The highest BCUT2D eigenvalue weighted by Crippen LogP contribution is 2.36. The van der Waals surface area contributed by atoms with Crippen molar-refractivity contribution in [2.24, 2.45) is 0 Å². The summed E-state index contributed by atoms with van der Waals surface area (Å²) in [7, 11) is 1.70. The quantitative estimate of drug-likeness (QED) is 0.563. The number of aromatic nitrogens is 3. The van der Waals surface area contributed by atoms with E-state index < -0.39 is 0 Å². The number of fused-ring (bicyclic) bond motifs is 1. The number of nitrogens with one attached hydrogen (secondary N) is 2. The van der Waals surface area contributed by atoms with Gasteiger partial charge in [0, 0.05) is 44.1 Å². The summed E-state index contributed by atoms with van der Waals surface area (Å²) in [5, 5.41) is 12.0. The monoisotopic (exact) mass is 423 g/mol. The Balaban J connectivity index is 1.61. The van der Waals surface area contributed by atoms with Crippen LogP contribution in [0, 0.1) is 27.7 Å². The third-order valence-electron chi connectivity index (χ3n) is 5.97. The van der Waals surface area contributed by atoms with Crippen molar-refractivity contribution < 1.29 is 9.47 Å². The zero-order valence-corrected chi connectivity index (χ0v) is 19.2. The number of hydrogen-bond acceptors (Lipinski definition) is 6. The molecule has 166 valence electrons. The second kappa shape index (κ2) is 9.24. The normalized spacial score (nSPS) is 14.9. The average Bonchev–Trinajstić information content (AvgIpc) is 3.07. The number of benzene rings is 1. The number of nitrogens with zero attached hydrogens (tertiary/aromatic N) is 3. The van der Waals surface area contributed by atoms with Gasteiger partial charge in [-0.1, -0.05) is 0 Å². The number of anilines is 1. The maximum absolute atomic E-state index is 5.44. The van der Waals surface area contributed by atoms with E-state index in [1.165, 1.54) is 5.56 Å². The zero-order chi connectivity index (χ0) is 22.0. The van der Waals surface area contributed by atoms with E-state index in [1.54, 1.807) is 7.11 Å². The fourth-order valence-corrected chi connectivity index (χ4v) is 4.47. The lowest BCUT2D eigenvalue weighted by Gasteiger charge is -2.23. The van der Waals surface area contributed by atoms with Crippen molar-refractivity contribution in [3.63, 3.8) is 0 Å². The van der Waals surface area contributed by atoms with Crippen LogP contribution in [0.5, 0.6) is 5.75 Å². The van der Waals surface area contributed by atoms with Crippen LogP contribution in [0.15, 0.2) is 18.2 Å². The molecule has 0 atom stereocenters. The topological polar surface area (TPSA) is 72.7 Å². The standard InChI is InChI=1S/C24H33N5O2/c1-15-12-20(30-5)13-16(2)22(15)23-18(4)28-29-21(14-17(3)27-24(23)29)26-9-8-25-19-6-10-31-11-7-19/h12-14,19,25-26H,6-11H2,1-5H3. The van der Waals surface area contributed by atoms with Crippen LogP contribution in [-0.2, 0) is 4.74 Å². The van der Waals surface area contributed by atoms with Gasteiger partial charge in [0.2, 0.25) is 0 Å². The molecule has 2 aromatic heterocycles. The molecule has 7 nitrogen and oxygen atoms in total. The Morgan fingerprint density at radius 3 is 2.42 bits per heavy atom. The third-order valence-corrected chi connectivity index (χ3v) is 5.97. The fourth-order valence-electron chi connectivity index (χ4n) is 4.47. The SMILES string of the molecule is COc1cc(C)c(-c2c(C)nn3c(NCCNC4CCOCC4)cc(C)nc23)c(C)c1. The molecular formula is C24H33N5O2. The van der Waals surface area contributed by atoms with Gasteiger partial charge in [-0.3, -0.25) is 0 Å². The molecule has 1 aliphatic heterocycles. The first-order valence-electron chi connectivity index (χ1n) is 11.1. The van der Waals surface area contributed by atoms with Gasteiger partial charge in [-0.05, 0) is 69.4 Å². The summed E-state index contributed by atoms with van der Waals surface area (Å²) in [5.41, 5.74) is 7.41. The molecule has 2 N–H and O–H groups in total. The average molecular weight is 424 g/mol. The Kier molecular flexibility index (Phi) is 6.43. The second-order valence-corrected chi connectivity index (χ2v) is 8.38. The van der Waals surface area contributed by atoms with Gasteiger partial charge in [0.15, 0.2) is 5.65 Å². The van der Waals surface area contributed by atoms with Crippen molar-refractivity contribution in [3.8, 4) is 16.9 Å². The van der Waals surface area contributed by atoms with Crippen LogP contribution in [0.1, 0.15) is 35.4 Å². The lowest BCUT2D eigenvalue weighted by atomic mass is 9.95. The van der Waals surface area contributed by atoms with E-state index in [0.29, 0.717) is 6.04 Å². The molecule has 1 aromatic carbocycles. The highest BCUT2D eigenvalue weighted by molar-refractivity contribution is 5.85. The molecule has 1 aliphatic rings. The molecule has 4 rings (SSSR count). The number of ether oxygens (including phenoxy) is 2. The van der Waals surface area contributed by atoms with Crippen molar-refractivity contribution in [1.82, 2.24) is 19.9 Å². The Morgan fingerprint density at radius 2 is 1.74 bits per heavy atom. The van der Waals surface area contributed by atoms with E-state index in [0.717, 1.165) is 84.4 Å². The molecule has 1 saturated heterocycles. The molecule has 0 radical (unpaired) electrons. The van der Waals surface area contributed by atoms with Gasteiger partial charge < -0.3 is 20.1 Å². The van der Waals surface area contributed by atoms with Gasteiger partial charge in [-0.25, -0.2) is 4.98 Å². The summed E-state index contributed by atoms with van der Waals surface area (Å²) in [5.74, 6) is 1.84. The maximum Gasteiger partial charge on any atom is 0.165 e. The first kappa shape index (κ1) is 21.6. The summed E-state index contributed by atoms with van der Waals surface area (Å²) >= 11 is 0. The Hall–Kier alpha value is -2.64. The predicted octanol–water partition coefficient (Wildman–Crippen LogP) is 3.82. The molecule has 0 unspecified atom stereocenters. The third kappa shape index (κ3) is 4.52. The summed E-state index contributed by atoms with van der Waals surface area (Å²) < 4.78 is 12.8. The second-order valence-electron chi connectivity index (χ2n) is 8.38. The molecule has 0 bridgehead atoms. The smallest absolute Gasteiger partial charge is 0.165 e.